The molecule has 0 spiro atoms. The normalized spacial score (nSPS) is 14.3. The second-order valence-corrected chi connectivity index (χ2v) is 8.88. The lowest BCUT2D eigenvalue weighted by atomic mass is 10.1. The van der Waals surface area contributed by atoms with E-state index < -0.39 is 6.23 Å². The van der Waals surface area contributed by atoms with Crippen molar-refractivity contribution in [3.63, 3.8) is 0 Å². The van der Waals surface area contributed by atoms with Gasteiger partial charge in [0.25, 0.3) is 5.91 Å². The fraction of sp³-hybridized carbons (Fsp3) is 0.500. The molecule has 1 atom stereocenters. The Labute approximate surface area is 207 Å². The molecule has 4 N–H and O–H groups in total. The third-order valence-corrected chi connectivity index (χ3v) is 6.32. The van der Waals surface area contributed by atoms with Crippen molar-refractivity contribution in [2.45, 2.75) is 58.2 Å². The van der Waals surface area contributed by atoms with Crippen LogP contribution in [0, 0.1) is 0 Å². The molecular weight excluding hydrogens is 444 g/mol. The van der Waals surface area contributed by atoms with Crippen LogP contribution in [0.1, 0.15) is 56.3 Å². The molecule has 9 heteroatoms. The minimum atomic E-state index is -0.625. The quantitative estimate of drug-likeness (QED) is 0.196. The van der Waals surface area contributed by atoms with Crippen molar-refractivity contribution < 1.29 is 14.7 Å². The van der Waals surface area contributed by atoms with Crippen molar-refractivity contribution in [3.05, 3.63) is 42.1 Å². The summed E-state index contributed by atoms with van der Waals surface area (Å²) in [6.45, 7) is 5.30. The van der Waals surface area contributed by atoms with E-state index in [9.17, 15) is 14.7 Å². The van der Waals surface area contributed by atoms with Gasteiger partial charge in [0.1, 0.15) is 12.0 Å². The van der Waals surface area contributed by atoms with E-state index in [1.807, 2.05) is 38.2 Å². The molecule has 0 aliphatic heterocycles. The minimum Gasteiger partial charge on any atom is -0.385 e. The van der Waals surface area contributed by atoms with Gasteiger partial charge in [-0.3, -0.25) is 9.59 Å². The largest absolute Gasteiger partial charge is 0.385 e. The number of benzene rings is 1. The maximum Gasteiger partial charge on any atom is 0.253 e. The van der Waals surface area contributed by atoms with Gasteiger partial charge in [0.2, 0.25) is 6.41 Å². The molecule has 2 amide bonds. The standard InChI is InChI=1S/C26H38N6O3/c1-4-13-31(14-12-28-18-33)26(35)20-8-7-9-21(15-20)30-25-16-24(23(27-3)17-29-25)32(19(2)34)22-10-5-6-11-22/h7-9,15-19,22,27,34H,4-6,10-14H2,1-3H3,(H,28,33)(H,29,30). The molecule has 1 saturated carbocycles. The van der Waals surface area contributed by atoms with Crippen LogP contribution in [0.4, 0.5) is 22.9 Å². The van der Waals surface area contributed by atoms with Crippen LogP contribution >= 0.6 is 0 Å². The molecule has 1 heterocycles. The molecule has 0 bridgehead atoms. The summed E-state index contributed by atoms with van der Waals surface area (Å²) in [5.41, 5.74) is 3.07. The number of nitrogens with zero attached hydrogens (tertiary/aromatic N) is 3. The number of rotatable bonds is 13. The Morgan fingerprint density at radius 1 is 1.26 bits per heavy atom. The van der Waals surface area contributed by atoms with Crippen molar-refractivity contribution in [1.29, 1.82) is 0 Å². The van der Waals surface area contributed by atoms with E-state index in [1.54, 1.807) is 24.1 Å². The molecule has 0 saturated heterocycles. The van der Waals surface area contributed by atoms with E-state index in [1.165, 1.54) is 12.8 Å². The Hall–Kier alpha value is -3.33. The minimum absolute atomic E-state index is 0.0797. The van der Waals surface area contributed by atoms with Gasteiger partial charge < -0.3 is 30.9 Å². The smallest absolute Gasteiger partial charge is 0.253 e. The highest BCUT2D eigenvalue weighted by atomic mass is 16.3. The molecule has 3 rings (SSSR count). The average Bonchev–Trinajstić information content (AvgIpc) is 3.38. The second-order valence-electron chi connectivity index (χ2n) is 8.88. The summed E-state index contributed by atoms with van der Waals surface area (Å²) >= 11 is 0. The molecule has 1 aromatic carbocycles. The van der Waals surface area contributed by atoms with E-state index in [4.69, 9.17) is 0 Å². The van der Waals surface area contributed by atoms with Crippen LogP contribution < -0.4 is 20.9 Å². The first-order chi connectivity index (χ1) is 17.0. The highest BCUT2D eigenvalue weighted by Gasteiger charge is 2.28. The van der Waals surface area contributed by atoms with Crippen LogP contribution in [0.25, 0.3) is 0 Å². The lowest BCUT2D eigenvalue weighted by Gasteiger charge is -2.35. The molecular formula is C26H38N6O3. The van der Waals surface area contributed by atoms with E-state index in [-0.39, 0.29) is 11.9 Å². The summed E-state index contributed by atoms with van der Waals surface area (Å²) in [5.74, 6) is 0.553. The van der Waals surface area contributed by atoms with Gasteiger partial charge in [-0.15, -0.1) is 0 Å². The van der Waals surface area contributed by atoms with Gasteiger partial charge in [-0.05, 0) is 44.4 Å². The van der Waals surface area contributed by atoms with E-state index >= 15 is 0 Å². The van der Waals surface area contributed by atoms with Crippen LogP contribution in [-0.2, 0) is 4.79 Å². The van der Waals surface area contributed by atoms with Crippen molar-refractivity contribution >= 4 is 35.2 Å². The molecule has 0 radical (unpaired) electrons. The summed E-state index contributed by atoms with van der Waals surface area (Å²) in [6.07, 6.45) is 7.06. The van der Waals surface area contributed by atoms with Crippen molar-refractivity contribution in [2.75, 3.05) is 42.2 Å². The fourth-order valence-electron chi connectivity index (χ4n) is 4.71. The van der Waals surface area contributed by atoms with Gasteiger partial charge in [-0.1, -0.05) is 25.8 Å². The van der Waals surface area contributed by atoms with Crippen LogP contribution in [0.2, 0.25) is 0 Å². The Morgan fingerprint density at radius 2 is 2.03 bits per heavy atom. The first-order valence-electron chi connectivity index (χ1n) is 12.5. The molecule has 9 nitrogen and oxygen atoms in total. The molecule has 1 aromatic heterocycles. The van der Waals surface area contributed by atoms with Gasteiger partial charge in [0.15, 0.2) is 0 Å². The number of hydrogen-bond donors (Lipinski definition) is 4. The first kappa shape index (κ1) is 26.3. The molecule has 1 unspecified atom stereocenters. The predicted molar refractivity (Wildman–Crippen MR) is 140 cm³/mol. The van der Waals surface area contributed by atoms with Crippen LogP contribution in [0.15, 0.2) is 36.5 Å². The monoisotopic (exact) mass is 482 g/mol. The van der Waals surface area contributed by atoms with E-state index in [0.29, 0.717) is 37.4 Å². The Balaban J connectivity index is 1.82. The number of carbonyl (C=O) groups excluding carboxylic acids is 2. The van der Waals surface area contributed by atoms with Crippen LogP contribution in [-0.4, -0.2) is 66.3 Å². The summed E-state index contributed by atoms with van der Waals surface area (Å²) in [6, 6.07) is 9.57. The van der Waals surface area contributed by atoms with Gasteiger partial charge in [0.05, 0.1) is 17.6 Å². The zero-order valence-corrected chi connectivity index (χ0v) is 21.0. The van der Waals surface area contributed by atoms with Crippen molar-refractivity contribution in [3.8, 4) is 0 Å². The Bertz CT molecular complexity index is 977. The maximum absolute atomic E-state index is 13.1. The Morgan fingerprint density at radius 3 is 2.69 bits per heavy atom. The SMILES string of the molecule is CCCN(CCNC=O)C(=O)c1cccc(Nc2cc(N(C(C)O)C3CCCC3)c(NC)cn2)c1. The molecule has 1 aliphatic rings. The molecule has 2 aromatic rings. The number of aliphatic hydroxyl groups excluding tert-OH is 1. The number of carbonyl (C=O) groups is 2. The van der Waals surface area contributed by atoms with Gasteiger partial charge in [-0.25, -0.2) is 4.98 Å². The van der Waals surface area contributed by atoms with E-state index in [2.05, 4.69) is 25.8 Å². The van der Waals surface area contributed by atoms with Gasteiger partial charge in [-0.2, -0.15) is 0 Å². The Kier molecular flexibility index (Phi) is 9.72. The molecule has 190 valence electrons. The van der Waals surface area contributed by atoms with Crippen LogP contribution in [0.3, 0.4) is 0 Å². The summed E-state index contributed by atoms with van der Waals surface area (Å²) in [5, 5.41) is 19.7. The van der Waals surface area contributed by atoms with Crippen molar-refractivity contribution in [2.24, 2.45) is 0 Å². The topological polar surface area (TPSA) is 110 Å². The maximum atomic E-state index is 13.1. The van der Waals surface area contributed by atoms with Crippen molar-refractivity contribution in [1.82, 2.24) is 15.2 Å². The first-order valence-corrected chi connectivity index (χ1v) is 12.5. The lowest BCUT2D eigenvalue weighted by Crippen LogP contribution is -2.41. The predicted octanol–water partition coefficient (Wildman–Crippen LogP) is 3.55. The number of nitrogens with one attached hydrogen (secondary N) is 3. The average molecular weight is 483 g/mol. The zero-order valence-electron chi connectivity index (χ0n) is 21.0. The van der Waals surface area contributed by atoms with Gasteiger partial charge in [0, 0.05) is 50.0 Å². The summed E-state index contributed by atoms with van der Waals surface area (Å²) in [7, 11) is 1.85. The molecule has 1 aliphatic carbocycles. The third-order valence-electron chi connectivity index (χ3n) is 6.32. The highest BCUT2D eigenvalue weighted by Crippen LogP contribution is 2.35. The molecule has 35 heavy (non-hydrogen) atoms. The molecule has 1 fully saturated rings. The summed E-state index contributed by atoms with van der Waals surface area (Å²) in [4.78, 5) is 32.0. The number of aliphatic hydroxyl groups is 1. The highest BCUT2D eigenvalue weighted by molar-refractivity contribution is 5.95. The fourth-order valence-corrected chi connectivity index (χ4v) is 4.71. The number of aromatic nitrogens is 1. The third kappa shape index (κ3) is 6.85. The van der Waals surface area contributed by atoms with E-state index in [0.717, 1.165) is 36.3 Å². The number of hydrogen-bond acceptors (Lipinski definition) is 7. The van der Waals surface area contributed by atoms with Gasteiger partial charge >= 0.3 is 0 Å². The number of pyridine rings is 1. The second kappa shape index (κ2) is 12.9. The number of amides is 2. The lowest BCUT2D eigenvalue weighted by molar-refractivity contribution is -0.109. The summed E-state index contributed by atoms with van der Waals surface area (Å²) < 4.78 is 0. The zero-order chi connectivity index (χ0) is 25.2. The number of anilines is 4. The van der Waals surface area contributed by atoms with Crippen LogP contribution in [0.5, 0.6) is 0 Å².